The van der Waals surface area contributed by atoms with E-state index in [-0.39, 0.29) is 17.3 Å². The van der Waals surface area contributed by atoms with E-state index in [9.17, 15) is 14.9 Å². The van der Waals surface area contributed by atoms with Gasteiger partial charge in [-0.15, -0.1) is 0 Å². The number of benzene rings is 2. The zero-order valence-corrected chi connectivity index (χ0v) is 19.0. The molecule has 35 heavy (non-hydrogen) atoms. The molecule has 178 valence electrons. The molecule has 0 aliphatic carbocycles. The van der Waals surface area contributed by atoms with Crippen molar-refractivity contribution in [3.8, 4) is 23.3 Å². The zero-order chi connectivity index (χ0) is 24.4. The molecule has 0 spiro atoms. The second-order valence-corrected chi connectivity index (χ2v) is 8.05. The van der Waals surface area contributed by atoms with E-state index in [1.54, 1.807) is 24.3 Å². The SMILES string of the molecule is CCOc1ccccc1C1c2c(nc(NCc3ccc4c(c3)OCCO4)[nH]c2=O)NC(=O)C1C#N. The van der Waals surface area contributed by atoms with Crippen LogP contribution < -0.4 is 30.4 Å². The summed E-state index contributed by atoms with van der Waals surface area (Å²) in [7, 11) is 0. The maximum Gasteiger partial charge on any atom is 0.258 e. The van der Waals surface area contributed by atoms with Gasteiger partial charge in [-0.2, -0.15) is 10.2 Å². The number of para-hydroxylation sites is 1. The Kier molecular flexibility index (Phi) is 5.97. The Morgan fingerprint density at radius 3 is 2.77 bits per heavy atom. The standard InChI is InChI=1S/C25H23N5O5/c1-2-33-17-6-4-3-5-15(17)20-16(12-26)23(31)28-22-21(20)24(32)30-25(29-22)27-13-14-7-8-18-19(11-14)35-10-9-34-18/h3-8,11,16,20H,2,9-10,13H2,1H3,(H3,27,28,29,30,31,32). The molecule has 10 heteroatoms. The number of hydrogen-bond donors (Lipinski definition) is 3. The second-order valence-electron chi connectivity index (χ2n) is 8.05. The molecule has 5 rings (SSSR count). The summed E-state index contributed by atoms with van der Waals surface area (Å²) in [6.07, 6.45) is 0. The third kappa shape index (κ3) is 4.24. The second kappa shape index (κ2) is 9.38. The Labute approximate surface area is 200 Å². The van der Waals surface area contributed by atoms with E-state index in [2.05, 4.69) is 20.6 Å². The fraction of sp³-hybridized carbons (Fsp3) is 0.280. The Morgan fingerprint density at radius 1 is 1.17 bits per heavy atom. The lowest BCUT2D eigenvalue weighted by Crippen LogP contribution is -2.38. The third-order valence-electron chi connectivity index (χ3n) is 5.88. The van der Waals surface area contributed by atoms with E-state index in [1.165, 1.54) is 0 Å². The number of amides is 1. The first-order valence-corrected chi connectivity index (χ1v) is 11.3. The van der Waals surface area contributed by atoms with Crippen LogP contribution in [0.25, 0.3) is 0 Å². The molecule has 0 saturated carbocycles. The van der Waals surface area contributed by atoms with Gasteiger partial charge in [0.05, 0.1) is 18.2 Å². The van der Waals surface area contributed by atoms with Crippen molar-refractivity contribution in [3.63, 3.8) is 0 Å². The first-order valence-electron chi connectivity index (χ1n) is 11.3. The van der Waals surface area contributed by atoms with Crippen LogP contribution in [0.4, 0.5) is 11.8 Å². The number of carbonyl (C=O) groups is 1. The molecule has 2 aliphatic heterocycles. The molecule has 1 aromatic heterocycles. The smallest absolute Gasteiger partial charge is 0.258 e. The summed E-state index contributed by atoms with van der Waals surface area (Å²) in [5.41, 5.74) is 1.25. The number of nitrogens with one attached hydrogen (secondary N) is 3. The molecule has 0 radical (unpaired) electrons. The summed E-state index contributed by atoms with van der Waals surface area (Å²) in [6, 6.07) is 14.7. The van der Waals surface area contributed by atoms with Crippen LogP contribution in [0, 0.1) is 17.2 Å². The van der Waals surface area contributed by atoms with Gasteiger partial charge < -0.3 is 24.8 Å². The molecule has 0 saturated heterocycles. The van der Waals surface area contributed by atoms with Crippen LogP contribution >= 0.6 is 0 Å². The van der Waals surface area contributed by atoms with Crippen molar-refractivity contribution < 1.29 is 19.0 Å². The minimum Gasteiger partial charge on any atom is -0.494 e. The number of anilines is 2. The van der Waals surface area contributed by atoms with E-state index in [0.717, 1.165) is 5.56 Å². The van der Waals surface area contributed by atoms with Gasteiger partial charge in [-0.25, -0.2) is 0 Å². The molecule has 3 N–H and O–H groups in total. The van der Waals surface area contributed by atoms with E-state index >= 15 is 0 Å². The average molecular weight is 473 g/mol. The summed E-state index contributed by atoms with van der Waals surface area (Å²) in [6.45, 7) is 3.59. The number of nitriles is 1. The summed E-state index contributed by atoms with van der Waals surface area (Å²) in [4.78, 5) is 33.2. The quantitative estimate of drug-likeness (QED) is 0.497. The number of aromatic nitrogens is 2. The van der Waals surface area contributed by atoms with Crippen LogP contribution in [0.15, 0.2) is 47.3 Å². The van der Waals surface area contributed by atoms with Gasteiger partial charge in [-0.05, 0) is 30.7 Å². The Hall–Kier alpha value is -4.52. The van der Waals surface area contributed by atoms with Crippen LogP contribution in [0.1, 0.15) is 29.5 Å². The third-order valence-corrected chi connectivity index (χ3v) is 5.88. The average Bonchev–Trinajstić information content (AvgIpc) is 2.87. The number of hydrogen-bond acceptors (Lipinski definition) is 8. The highest BCUT2D eigenvalue weighted by atomic mass is 16.6. The van der Waals surface area contributed by atoms with Crippen molar-refractivity contribution in [2.75, 3.05) is 30.5 Å². The number of ether oxygens (including phenoxy) is 3. The number of rotatable bonds is 6. The van der Waals surface area contributed by atoms with E-state index in [0.29, 0.717) is 49.2 Å². The largest absolute Gasteiger partial charge is 0.494 e. The van der Waals surface area contributed by atoms with Gasteiger partial charge in [0.1, 0.15) is 30.7 Å². The van der Waals surface area contributed by atoms with Crippen molar-refractivity contribution in [2.24, 2.45) is 5.92 Å². The minimum absolute atomic E-state index is 0.117. The molecule has 2 unspecified atom stereocenters. The summed E-state index contributed by atoms with van der Waals surface area (Å²) >= 11 is 0. The topological polar surface area (TPSA) is 138 Å². The molecular weight excluding hydrogens is 450 g/mol. The minimum atomic E-state index is -1.11. The van der Waals surface area contributed by atoms with E-state index < -0.39 is 23.3 Å². The number of nitrogens with zero attached hydrogens (tertiary/aromatic N) is 2. The van der Waals surface area contributed by atoms with Crippen molar-refractivity contribution in [2.45, 2.75) is 19.4 Å². The molecule has 3 heterocycles. The molecular formula is C25H23N5O5. The Bertz CT molecular complexity index is 1380. The van der Waals surface area contributed by atoms with Gasteiger partial charge in [0.2, 0.25) is 11.9 Å². The first kappa shape index (κ1) is 22.3. The fourth-order valence-corrected chi connectivity index (χ4v) is 4.34. The predicted molar refractivity (Wildman–Crippen MR) is 127 cm³/mol. The molecule has 0 fully saturated rings. The number of carbonyl (C=O) groups excluding carboxylic acids is 1. The van der Waals surface area contributed by atoms with Gasteiger partial charge in [0.15, 0.2) is 11.5 Å². The van der Waals surface area contributed by atoms with E-state index in [1.807, 2.05) is 31.2 Å². The lowest BCUT2D eigenvalue weighted by molar-refractivity contribution is -0.119. The van der Waals surface area contributed by atoms with Crippen LogP contribution in [0.3, 0.4) is 0 Å². The van der Waals surface area contributed by atoms with Gasteiger partial charge in [0.25, 0.3) is 5.56 Å². The van der Waals surface area contributed by atoms with Gasteiger partial charge >= 0.3 is 0 Å². The number of aromatic amines is 1. The van der Waals surface area contributed by atoms with Crippen molar-refractivity contribution in [1.29, 1.82) is 5.26 Å². The molecule has 10 nitrogen and oxygen atoms in total. The van der Waals surface area contributed by atoms with Crippen molar-refractivity contribution >= 4 is 17.7 Å². The molecule has 2 aliphatic rings. The number of H-pyrrole nitrogens is 1. The monoisotopic (exact) mass is 473 g/mol. The van der Waals surface area contributed by atoms with Crippen LogP contribution in [0.5, 0.6) is 17.2 Å². The molecule has 1 amide bonds. The highest BCUT2D eigenvalue weighted by Gasteiger charge is 2.41. The summed E-state index contributed by atoms with van der Waals surface area (Å²) in [5, 5.41) is 15.5. The van der Waals surface area contributed by atoms with Crippen LogP contribution in [0.2, 0.25) is 0 Å². The lowest BCUT2D eigenvalue weighted by atomic mass is 9.79. The maximum atomic E-state index is 13.2. The number of fused-ring (bicyclic) bond motifs is 2. The summed E-state index contributed by atoms with van der Waals surface area (Å²) < 4.78 is 16.9. The molecule has 2 aromatic carbocycles. The summed E-state index contributed by atoms with van der Waals surface area (Å²) in [5.74, 6) is -0.282. The van der Waals surface area contributed by atoms with E-state index in [4.69, 9.17) is 14.2 Å². The van der Waals surface area contributed by atoms with Crippen molar-refractivity contribution in [3.05, 3.63) is 69.5 Å². The predicted octanol–water partition coefficient (Wildman–Crippen LogP) is 2.78. The highest BCUT2D eigenvalue weighted by molar-refractivity contribution is 5.98. The molecule has 2 atom stereocenters. The maximum absolute atomic E-state index is 13.2. The normalized spacial score (nSPS) is 18.1. The first-order chi connectivity index (χ1) is 17.1. The zero-order valence-electron chi connectivity index (χ0n) is 19.0. The van der Waals surface area contributed by atoms with Crippen LogP contribution in [-0.4, -0.2) is 35.7 Å². The highest BCUT2D eigenvalue weighted by Crippen LogP contribution is 2.41. The van der Waals surface area contributed by atoms with Crippen LogP contribution in [-0.2, 0) is 11.3 Å². The Balaban J connectivity index is 1.48. The molecule has 0 bridgehead atoms. The van der Waals surface area contributed by atoms with Crippen molar-refractivity contribution in [1.82, 2.24) is 9.97 Å². The molecule has 3 aromatic rings. The Morgan fingerprint density at radius 2 is 1.97 bits per heavy atom. The van der Waals surface area contributed by atoms with Gasteiger partial charge in [-0.1, -0.05) is 24.3 Å². The van der Waals surface area contributed by atoms with Gasteiger partial charge in [-0.3, -0.25) is 14.6 Å². The van der Waals surface area contributed by atoms with Gasteiger partial charge in [0, 0.05) is 18.0 Å². The fourth-order valence-electron chi connectivity index (χ4n) is 4.34. The lowest BCUT2D eigenvalue weighted by Gasteiger charge is -2.29.